The second-order valence-corrected chi connectivity index (χ2v) is 2.47. The van der Waals surface area contributed by atoms with Crippen LogP contribution >= 0.6 is 12.6 Å². The lowest BCUT2D eigenvalue weighted by Gasteiger charge is -1.98. The zero-order valence-electron chi connectivity index (χ0n) is 5.33. The fourth-order valence-corrected chi connectivity index (χ4v) is 0.907. The molecule has 0 aromatic heterocycles. The topological polar surface area (TPSA) is 49.9 Å². The van der Waals surface area contributed by atoms with Gasteiger partial charge in [-0.15, -0.1) is 12.6 Å². The normalized spacial score (nSPS) is 9.30. The van der Waals surface area contributed by atoms with E-state index in [1.165, 1.54) is 6.21 Å². The van der Waals surface area contributed by atoms with Crippen LogP contribution in [0.25, 0.3) is 0 Å². The van der Waals surface area contributed by atoms with Crippen LogP contribution in [0.5, 0.6) is 0 Å². The molecule has 2 nitrogen and oxygen atoms in total. The molecular formula is C7H8N2S. The summed E-state index contributed by atoms with van der Waals surface area (Å²) in [5.41, 5.74) is 6.87. The minimum atomic E-state index is 0.600. The van der Waals surface area contributed by atoms with E-state index in [0.29, 0.717) is 5.69 Å². The average molecular weight is 152 g/mol. The molecule has 3 N–H and O–H groups in total. The Morgan fingerprint density at radius 3 is 2.70 bits per heavy atom. The maximum absolute atomic E-state index is 6.93. The highest BCUT2D eigenvalue weighted by atomic mass is 32.1. The molecule has 0 bridgehead atoms. The summed E-state index contributed by atoms with van der Waals surface area (Å²) in [5, 5.41) is 6.93. The SMILES string of the molecule is N=Cc1ccc(S)cc1N. The van der Waals surface area contributed by atoms with Gasteiger partial charge in [0, 0.05) is 22.4 Å². The third-order valence-electron chi connectivity index (χ3n) is 1.23. The molecule has 52 valence electrons. The van der Waals surface area contributed by atoms with Gasteiger partial charge in [0.2, 0.25) is 0 Å². The van der Waals surface area contributed by atoms with Gasteiger partial charge in [-0.25, -0.2) is 0 Å². The van der Waals surface area contributed by atoms with Crippen molar-refractivity contribution in [2.45, 2.75) is 4.90 Å². The lowest BCUT2D eigenvalue weighted by atomic mass is 10.2. The summed E-state index contributed by atoms with van der Waals surface area (Å²) < 4.78 is 0. The highest BCUT2D eigenvalue weighted by Crippen LogP contribution is 2.14. The van der Waals surface area contributed by atoms with E-state index in [0.717, 1.165) is 10.5 Å². The Kier molecular flexibility index (Phi) is 1.97. The molecule has 1 rings (SSSR count). The Morgan fingerprint density at radius 1 is 1.50 bits per heavy atom. The molecular weight excluding hydrogens is 144 g/mol. The summed E-state index contributed by atoms with van der Waals surface area (Å²) in [5.74, 6) is 0. The van der Waals surface area contributed by atoms with Crippen molar-refractivity contribution in [1.82, 2.24) is 0 Å². The van der Waals surface area contributed by atoms with Crippen LogP contribution in [0.4, 0.5) is 5.69 Å². The van der Waals surface area contributed by atoms with Crippen molar-refractivity contribution in [3.8, 4) is 0 Å². The van der Waals surface area contributed by atoms with Crippen LogP contribution in [0, 0.1) is 5.41 Å². The third-order valence-corrected chi connectivity index (χ3v) is 1.50. The van der Waals surface area contributed by atoms with Gasteiger partial charge in [0.1, 0.15) is 0 Å². The van der Waals surface area contributed by atoms with E-state index >= 15 is 0 Å². The Balaban J connectivity index is 3.19. The largest absolute Gasteiger partial charge is 0.398 e. The Labute approximate surface area is 65.0 Å². The molecule has 0 spiro atoms. The number of nitrogen functional groups attached to an aromatic ring is 1. The van der Waals surface area contributed by atoms with Gasteiger partial charge in [0.15, 0.2) is 0 Å². The number of nitrogens with two attached hydrogens (primary N) is 1. The van der Waals surface area contributed by atoms with Crippen molar-refractivity contribution in [1.29, 1.82) is 5.41 Å². The van der Waals surface area contributed by atoms with Gasteiger partial charge < -0.3 is 11.1 Å². The predicted octanol–water partition coefficient (Wildman–Crippen LogP) is 1.56. The number of rotatable bonds is 1. The zero-order chi connectivity index (χ0) is 7.56. The zero-order valence-corrected chi connectivity index (χ0v) is 6.23. The number of hydrogen-bond acceptors (Lipinski definition) is 3. The van der Waals surface area contributed by atoms with E-state index in [1.54, 1.807) is 18.2 Å². The molecule has 0 saturated carbocycles. The van der Waals surface area contributed by atoms with Gasteiger partial charge in [-0.05, 0) is 12.1 Å². The van der Waals surface area contributed by atoms with Gasteiger partial charge in [0.05, 0.1) is 0 Å². The summed E-state index contributed by atoms with van der Waals surface area (Å²) >= 11 is 4.09. The van der Waals surface area contributed by atoms with Gasteiger partial charge in [-0.1, -0.05) is 6.07 Å². The lowest BCUT2D eigenvalue weighted by molar-refractivity contribution is 1.45. The summed E-state index contributed by atoms with van der Waals surface area (Å²) in [6, 6.07) is 5.30. The van der Waals surface area contributed by atoms with Crippen LogP contribution in [0.15, 0.2) is 23.1 Å². The maximum atomic E-state index is 6.93. The molecule has 0 heterocycles. The van der Waals surface area contributed by atoms with E-state index in [4.69, 9.17) is 11.1 Å². The number of thiol groups is 1. The van der Waals surface area contributed by atoms with E-state index in [-0.39, 0.29) is 0 Å². The average Bonchev–Trinajstić information content (AvgIpc) is 1.88. The first-order valence-electron chi connectivity index (χ1n) is 2.83. The molecule has 10 heavy (non-hydrogen) atoms. The highest BCUT2D eigenvalue weighted by molar-refractivity contribution is 7.80. The Bertz CT molecular complexity index is 258. The molecule has 0 aliphatic rings. The highest BCUT2D eigenvalue weighted by Gasteiger charge is 1.93. The fourth-order valence-electron chi connectivity index (χ4n) is 0.694. The first-order valence-corrected chi connectivity index (χ1v) is 3.27. The summed E-state index contributed by atoms with van der Waals surface area (Å²) in [7, 11) is 0. The summed E-state index contributed by atoms with van der Waals surface area (Å²) in [6.45, 7) is 0. The minimum absolute atomic E-state index is 0.600. The van der Waals surface area contributed by atoms with Crippen LogP contribution in [0.1, 0.15) is 5.56 Å². The van der Waals surface area contributed by atoms with Crippen molar-refractivity contribution < 1.29 is 0 Å². The van der Waals surface area contributed by atoms with E-state index in [1.807, 2.05) is 0 Å². The molecule has 3 heteroatoms. The fraction of sp³-hybridized carbons (Fsp3) is 0. The molecule has 0 aliphatic carbocycles. The molecule has 0 saturated heterocycles. The van der Waals surface area contributed by atoms with Crippen LogP contribution in [-0.2, 0) is 0 Å². The van der Waals surface area contributed by atoms with Crippen LogP contribution in [-0.4, -0.2) is 6.21 Å². The quantitative estimate of drug-likeness (QED) is 0.319. The minimum Gasteiger partial charge on any atom is -0.398 e. The Morgan fingerprint density at radius 2 is 2.20 bits per heavy atom. The first kappa shape index (κ1) is 7.15. The van der Waals surface area contributed by atoms with Crippen molar-refractivity contribution in [2.24, 2.45) is 0 Å². The smallest absolute Gasteiger partial charge is 0.0414 e. The van der Waals surface area contributed by atoms with E-state index in [2.05, 4.69) is 12.6 Å². The number of nitrogens with one attached hydrogen (secondary N) is 1. The van der Waals surface area contributed by atoms with E-state index < -0.39 is 0 Å². The Hall–Kier alpha value is -0.960. The molecule has 1 aromatic rings. The van der Waals surface area contributed by atoms with Gasteiger partial charge in [-0.3, -0.25) is 0 Å². The standard InChI is InChI=1S/C7H8N2S/c8-4-5-1-2-6(10)3-7(5)9/h1-4,8,10H,9H2. The monoisotopic (exact) mass is 152 g/mol. The van der Waals surface area contributed by atoms with Crippen LogP contribution in [0.3, 0.4) is 0 Å². The van der Waals surface area contributed by atoms with Crippen molar-refractivity contribution in [2.75, 3.05) is 5.73 Å². The second-order valence-electron chi connectivity index (χ2n) is 1.96. The predicted molar refractivity (Wildman–Crippen MR) is 46.0 cm³/mol. The molecule has 0 unspecified atom stereocenters. The number of benzene rings is 1. The molecule has 0 radical (unpaired) electrons. The van der Waals surface area contributed by atoms with E-state index in [9.17, 15) is 0 Å². The maximum Gasteiger partial charge on any atom is 0.0414 e. The van der Waals surface area contributed by atoms with Crippen LogP contribution < -0.4 is 5.73 Å². The van der Waals surface area contributed by atoms with Crippen LogP contribution in [0.2, 0.25) is 0 Å². The third kappa shape index (κ3) is 1.30. The van der Waals surface area contributed by atoms with Crippen molar-refractivity contribution >= 4 is 24.5 Å². The number of anilines is 1. The molecule has 0 atom stereocenters. The van der Waals surface area contributed by atoms with Gasteiger partial charge in [-0.2, -0.15) is 0 Å². The molecule has 0 fully saturated rings. The lowest BCUT2D eigenvalue weighted by Crippen LogP contribution is -1.91. The molecule has 1 aromatic carbocycles. The van der Waals surface area contributed by atoms with Crippen molar-refractivity contribution in [3.63, 3.8) is 0 Å². The summed E-state index contributed by atoms with van der Waals surface area (Å²) in [4.78, 5) is 0.822. The van der Waals surface area contributed by atoms with Crippen molar-refractivity contribution in [3.05, 3.63) is 23.8 Å². The van der Waals surface area contributed by atoms with Gasteiger partial charge in [0.25, 0.3) is 0 Å². The molecule has 0 amide bonds. The second kappa shape index (κ2) is 2.75. The van der Waals surface area contributed by atoms with Gasteiger partial charge >= 0.3 is 0 Å². The summed E-state index contributed by atoms with van der Waals surface area (Å²) in [6.07, 6.45) is 1.22. The number of hydrogen-bond donors (Lipinski definition) is 3. The first-order chi connectivity index (χ1) is 4.74. The molecule has 0 aliphatic heterocycles.